The second-order valence-corrected chi connectivity index (χ2v) is 7.71. The van der Waals surface area contributed by atoms with Crippen LogP contribution in [0.25, 0.3) is 0 Å². The minimum atomic E-state index is 0.0862. The molecule has 1 saturated carbocycles. The van der Waals surface area contributed by atoms with Gasteiger partial charge in [-0.1, -0.05) is 24.3 Å². The third kappa shape index (κ3) is 5.03. The molecule has 5 nitrogen and oxygen atoms in total. The van der Waals surface area contributed by atoms with Crippen LogP contribution in [0.4, 0.5) is 0 Å². The maximum atomic E-state index is 12.4. The van der Waals surface area contributed by atoms with Gasteiger partial charge in [-0.15, -0.1) is 0 Å². The van der Waals surface area contributed by atoms with Gasteiger partial charge in [0.25, 0.3) is 0 Å². The maximum Gasteiger partial charge on any atom is 0.223 e. The van der Waals surface area contributed by atoms with E-state index in [2.05, 4.69) is 42.3 Å². The van der Waals surface area contributed by atoms with E-state index in [0.29, 0.717) is 6.54 Å². The predicted octanol–water partition coefficient (Wildman–Crippen LogP) is 2.04. The second kappa shape index (κ2) is 8.30. The number of hydrogen-bond donors (Lipinski definition) is 2. The molecule has 0 unspecified atom stereocenters. The van der Waals surface area contributed by atoms with Crippen molar-refractivity contribution in [2.75, 3.05) is 13.1 Å². The molecule has 138 valence electrons. The van der Waals surface area contributed by atoms with Gasteiger partial charge in [-0.2, -0.15) is 0 Å². The first-order valence-corrected chi connectivity index (χ1v) is 9.49. The number of ether oxygens (including phenoxy) is 1. The zero-order valence-electron chi connectivity index (χ0n) is 15.4. The number of carbonyl (C=O) groups excluding carboxylic acids is 1. The van der Waals surface area contributed by atoms with Crippen molar-refractivity contribution in [2.24, 2.45) is 11.7 Å². The number of nitrogens with two attached hydrogens (primary N) is 1. The third-order valence-electron chi connectivity index (χ3n) is 5.30. The number of morpholine rings is 1. The molecule has 1 heterocycles. The van der Waals surface area contributed by atoms with Crippen LogP contribution >= 0.6 is 0 Å². The van der Waals surface area contributed by atoms with E-state index >= 15 is 0 Å². The quantitative estimate of drug-likeness (QED) is 0.857. The lowest BCUT2D eigenvalue weighted by atomic mass is 10.0. The van der Waals surface area contributed by atoms with Crippen LogP contribution in [0.15, 0.2) is 24.3 Å². The van der Waals surface area contributed by atoms with E-state index in [9.17, 15) is 4.79 Å². The number of amides is 1. The molecule has 1 aromatic rings. The molecule has 1 saturated heterocycles. The van der Waals surface area contributed by atoms with Crippen molar-refractivity contribution >= 4 is 5.91 Å². The monoisotopic (exact) mass is 345 g/mol. The van der Waals surface area contributed by atoms with Crippen molar-refractivity contribution < 1.29 is 9.53 Å². The fraction of sp³-hybridized carbons (Fsp3) is 0.650. The fourth-order valence-corrected chi connectivity index (χ4v) is 4.12. The molecule has 0 spiro atoms. The fourth-order valence-electron chi connectivity index (χ4n) is 4.12. The van der Waals surface area contributed by atoms with Crippen LogP contribution < -0.4 is 11.1 Å². The topological polar surface area (TPSA) is 67.6 Å². The summed E-state index contributed by atoms with van der Waals surface area (Å²) >= 11 is 0. The van der Waals surface area contributed by atoms with Crippen molar-refractivity contribution in [1.82, 2.24) is 10.2 Å². The van der Waals surface area contributed by atoms with E-state index in [1.54, 1.807) is 0 Å². The van der Waals surface area contributed by atoms with Gasteiger partial charge in [0.15, 0.2) is 0 Å². The van der Waals surface area contributed by atoms with Gasteiger partial charge in [0, 0.05) is 38.1 Å². The Morgan fingerprint density at radius 2 is 1.88 bits per heavy atom. The Kier molecular flexibility index (Phi) is 6.10. The highest BCUT2D eigenvalue weighted by Gasteiger charge is 2.27. The summed E-state index contributed by atoms with van der Waals surface area (Å²) in [7, 11) is 0. The van der Waals surface area contributed by atoms with Crippen molar-refractivity contribution in [3.05, 3.63) is 35.4 Å². The SMILES string of the molecule is C[C@@H]1CN(Cc2ccccc2CNC(=O)[C@@H]2CC[C@@H](N)C2)C[C@@H](C)O1. The Hall–Kier alpha value is -1.43. The summed E-state index contributed by atoms with van der Waals surface area (Å²) < 4.78 is 5.82. The minimum absolute atomic E-state index is 0.0862. The molecule has 3 N–H and O–H groups in total. The zero-order valence-corrected chi connectivity index (χ0v) is 15.4. The molecule has 1 aromatic carbocycles. The first-order valence-electron chi connectivity index (χ1n) is 9.49. The molecular formula is C20H31N3O2. The highest BCUT2D eigenvalue weighted by atomic mass is 16.5. The normalized spacial score (nSPS) is 30.4. The van der Waals surface area contributed by atoms with E-state index in [0.717, 1.165) is 38.9 Å². The van der Waals surface area contributed by atoms with Crippen LogP contribution in [0.1, 0.15) is 44.2 Å². The van der Waals surface area contributed by atoms with Crippen molar-refractivity contribution in [2.45, 2.75) is 64.4 Å². The molecule has 5 heteroatoms. The number of rotatable bonds is 5. The summed E-state index contributed by atoms with van der Waals surface area (Å²) in [5.41, 5.74) is 8.41. The van der Waals surface area contributed by atoms with Crippen molar-refractivity contribution in [3.8, 4) is 0 Å². The zero-order chi connectivity index (χ0) is 17.8. The van der Waals surface area contributed by atoms with E-state index in [1.807, 2.05) is 6.07 Å². The van der Waals surface area contributed by atoms with Crippen LogP contribution in [0.2, 0.25) is 0 Å². The Bertz CT molecular complexity index is 582. The molecule has 0 aromatic heterocycles. The number of benzene rings is 1. The lowest BCUT2D eigenvalue weighted by Crippen LogP contribution is -2.45. The van der Waals surface area contributed by atoms with E-state index in [-0.39, 0.29) is 30.1 Å². The molecule has 1 aliphatic carbocycles. The van der Waals surface area contributed by atoms with E-state index in [1.165, 1.54) is 11.1 Å². The molecule has 1 amide bonds. The van der Waals surface area contributed by atoms with Gasteiger partial charge in [-0.25, -0.2) is 0 Å². The smallest absolute Gasteiger partial charge is 0.223 e. The van der Waals surface area contributed by atoms with E-state index in [4.69, 9.17) is 10.5 Å². The predicted molar refractivity (Wildman–Crippen MR) is 98.9 cm³/mol. The Morgan fingerprint density at radius 3 is 2.52 bits per heavy atom. The maximum absolute atomic E-state index is 12.4. The molecule has 0 bridgehead atoms. The average molecular weight is 345 g/mol. The van der Waals surface area contributed by atoms with Gasteiger partial charge >= 0.3 is 0 Å². The minimum Gasteiger partial charge on any atom is -0.373 e. The van der Waals surface area contributed by atoms with Gasteiger partial charge in [-0.05, 0) is 44.2 Å². The summed E-state index contributed by atoms with van der Waals surface area (Å²) in [6.07, 6.45) is 3.22. The molecule has 3 rings (SSSR count). The number of hydrogen-bond acceptors (Lipinski definition) is 4. The summed E-state index contributed by atoms with van der Waals surface area (Å²) in [5, 5.41) is 3.12. The number of carbonyl (C=O) groups is 1. The molecular weight excluding hydrogens is 314 g/mol. The first-order chi connectivity index (χ1) is 12.0. The molecule has 1 aliphatic heterocycles. The second-order valence-electron chi connectivity index (χ2n) is 7.71. The highest BCUT2D eigenvalue weighted by molar-refractivity contribution is 5.79. The van der Waals surface area contributed by atoms with Crippen LogP contribution in [-0.2, 0) is 22.6 Å². The summed E-state index contributed by atoms with van der Waals surface area (Å²) in [6, 6.07) is 8.58. The molecule has 25 heavy (non-hydrogen) atoms. The van der Waals surface area contributed by atoms with Gasteiger partial charge in [0.05, 0.1) is 12.2 Å². The van der Waals surface area contributed by atoms with Gasteiger partial charge in [-0.3, -0.25) is 9.69 Å². The van der Waals surface area contributed by atoms with Crippen LogP contribution in [0, 0.1) is 5.92 Å². The number of nitrogens with one attached hydrogen (secondary N) is 1. The van der Waals surface area contributed by atoms with Gasteiger partial charge in [0.2, 0.25) is 5.91 Å². The summed E-state index contributed by atoms with van der Waals surface area (Å²) in [6.45, 7) is 7.65. The number of nitrogens with zero attached hydrogens (tertiary/aromatic N) is 1. The molecule has 4 atom stereocenters. The Labute approximate surface area is 150 Å². The van der Waals surface area contributed by atoms with E-state index < -0.39 is 0 Å². The summed E-state index contributed by atoms with van der Waals surface area (Å²) in [4.78, 5) is 14.8. The molecule has 2 aliphatic rings. The highest BCUT2D eigenvalue weighted by Crippen LogP contribution is 2.24. The standard InChI is InChI=1S/C20H31N3O2/c1-14-11-23(12-15(2)25-14)13-18-6-4-3-5-17(18)10-22-20(24)16-7-8-19(21)9-16/h3-6,14-16,19H,7-13,21H2,1-2H3,(H,22,24)/t14-,15-,16-,19-/m1/s1. The van der Waals surface area contributed by atoms with Crippen molar-refractivity contribution in [1.29, 1.82) is 0 Å². The van der Waals surface area contributed by atoms with Crippen LogP contribution in [0.3, 0.4) is 0 Å². The van der Waals surface area contributed by atoms with Crippen LogP contribution in [0.5, 0.6) is 0 Å². The largest absolute Gasteiger partial charge is 0.373 e. The lowest BCUT2D eigenvalue weighted by Gasteiger charge is -2.35. The summed E-state index contributed by atoms with van der Waals surface area (Å²) in [5.74, 6) is 0.236. The molecule has 0 radical (unpaired) electrons. The van der Waals surface area contributed by atoms with Gasteiger partial charge < -0.3 is 15.8 Å². The third-order valence-corrected chi connectivity index (χ3v) is 5.30. The first kappa shape index (κ1) is 18.4. The Balaban J connectivity index is 1.58. The van der Waals surface area contributed by atoms with Crippen molar-refractivity contribution in [3.63, 3.8) is 0 Å². The van der Waals surface area contributed by atoms with Gasteiger partial charge in [0.1, 0.15) is 0 Å². The lowest BCUT2D eigenvalue weighted by molar-refractivity contribution is -0.125. The molecule has 2 fully saturated rings. The Morgan fingerprint density at radius 1 is 1.20 bits per heavy atom. The van der Waals surface area contributed by atoms with Crippen LogP contribution in [-0.4, -0.2) is 42.1 Å². The average Bonchev–Trinajstić information content (AvgIpc) is 2.99.